The molecule has 2 fully saturated rings. The van der Waals surface area contributed by atoms with E-state index >= 15 is 0 Å². The van der Waals surface area contributed by atoms with Crippen molar-refractivity contribution in [1.29, 1.82) is 0 Å². The van der Waals surface area contributed by atoms with E-state index in [1.807, 2.05) is 0 Å². The first-order chi connectivity index (χ1) is 20.2. The number of aliphatic hydroxyl groups is 1. The fraction of sp³-hybridized carbons (Fsp3) is 0.345. The highest BCUT2D eigenvalue weighted by atomic mass is 35.5. The lowest BCUT2D eigenvalue weighted by Crippen LogP contribution is -2.56. The Morgan fingerprint density at radius 2 is 1.79 bits per heavy atom. The SMILES string of the molecule is O=C(NC1CC(F)(F)C1)C(c1ccccc1Cl)N(C(=O)C1CCC(O)N1c1cc(C(F)(F)F)ccn1)c1cccc(F)c1. The topological polar surface area (TPSA) is 85.8 Å². The number of carbonyl (C=O) groups excluding carboxylic acids is 2. The van der Waals surface area contributed by atoms with Gasteiger partial charge in [-0.2, -0.15) is 13.2 Å². The number of halogens is 7. The van der Waals surface area contributed by atoms with Crippen LogP contribution in [0.3, 0.4) is 0 Å². The Hall–Kier alpha value is -3.84. The van der Waals surface area contributed by atoms with E-state index in [9.17, 15) is 41.0 Å². The maximum Gasteiger partial charge on any atom is 0.416 e. The zero-order valence-corrected chi connectivity index (χ0v) is 23.0. The standard InChI is InChI=1S/C29H25ClF6N4O3/c30-21-7-2-1-6-20(21)25(26(42)38-18-14-28(32,33)15-18)39(19-5-3-4-17(31)13-19)27(43)22-8-9-24(41)40(22)23-12-16(10-11-37-23)29(34,35)36/h1-7,10-13,18,22,24-25,41H,8-9,14-15H2,(H,38,42). The van der Waals surface area contributed by atoms with Gasteiger partial charge >= 0.3 is 6.18 Å². The molecule has 3 atom stereocenters. The number of nitrogens with one attached hydrogen (secondary N) is 1. The number of rotatable bonds is 7. The highest BCUT2D eigenvalue weighted by molar-refractivity contribution is 6.31. The lowest BCUT2D eigenvalue weighted by Gasteiger charge is -2.39. The number of benzene rings is 2. The Bertz CT molecular complexity index is 1520. The van der Waals surface area contributed by atoms with Gasteiger partial charge in [0.1, 0.15) is 29.9 Å². The van der Waals surface area contributed by atoms with Gasteiger partial charge < -0.3 is 15.3 Å². The van der Waals surface area contributed by atoms with Crippen LogP contribution in [0.15, 0.2) is 66.9 Å². The van der Waals surface area contributed by atoms with Crippen molar-refractivity contribution in [2.75, 3.05) is 9.80 Å². The second kappa shape index (κ2) is 11.7. The minimum Gasteiger partial charge on any atom is -0.374 e. The molecule has 1 aromatic heterocycles. The van der Waals surface area contributed by atoms with Crippen molar-refractivity contribution in [3.63, 3.8) is 0 Å². The molecule has 1 saturated heterocycles. The molecular formula is C29H25ClF6N4O3. The third-order valence-electron chi connectivity index (χ3n) is 7.44. The number of aromatic nitrogens is 1. The molecule has 7 nitrogen and oxygen atoms in total. The van der Waals surface area contributed by atoms with Gasteiger partial charge in [-0.1, -0.05) is 35.9 Å². The van der Waals surface area contributed by atoms with E-state index in [4.69, 9.17) is 11.6 Å². The van der Waals surface area contributed by atoms with E-state index in [1.54, 1.807) is 6.07 Å². The van der Waals surface area contributed by atoms with Crippen LogP contribution < -0.4 is 15.1 Å². The molecule has 2 amide bonds. The molecule has 43 heavy (non-hydrogen) atoms. The first-order valence-electron chi connectivity index (χ1n) is 13.3. The van der Waals surface area contributed by atoms with Crippen molar-refractivity contribution in [1.82, 2.24) is 10.3 Å². The Morgan fingerprint density at radius 3 is 2.44 bits per heavy atom. The lowest BCUT2D eigenvalue weighted by atomic mass is 9.87. The van der Waals surface area contributed by atoms with Crippen LogP contribution in [-0.2, 0) is 15.8 Å². The first-order valence-corrected chi connectivity index (χ1v) is 13.6. The molecular weight excluding hydrogens is 602 g/mol. The second-order valence-corrected chi connectivity index (χ2v) is 10.9. The number of anilines is 2. The Kier molecular flexibility index (Phi) is 8.32. The minimum atomic E-state index is -4.74. The summed E-state index contributed by atoms with van der Waals surface area (Å²) in [6.45, 7) is 0. The van der Waals surface area contributed by atoms with Gasteiger partial charge in [-0.05, 0) is 49.2 Å². The van der Waals surface area contributed by atoms with Gasteiger partial charge in [0.25, 0.3) is 11.8 Å². The Labute approximate surface area is 247 Å². The predicted molar refractivity (Wildman–Crippen MR) is 145 cm³/mol. The van der Waals surface area contributed by atoms with Crippen LogP contribution in [0.2, 0.25) is 5.02 Å². The molecule has 1 aliphatic heterocycles. The Balaban J connectivity index is 1.60. The number of pyridine rings is 1. The summed E-state index contributed by atoms with van der Waals surface area (Å²) >= 11 is 6.45. The van der Waals surface area contributed by atoms with Crippen LogP contribution in [0.1, 0.15) is 42.9 Å². The number of carbonyl (C=O) groups is 2. The van der Waals surface area contributed by atoms with E-state index < -0.39 is 72.5 Å². The molecule has 3 aromatic rings. The summed E-state index contributed by atoms with van der Waals surface area (Å²) in [5, 5.41) is 13.3. The molecule has 2 aliphatic rings. The minimum absolute atomic E-state index is 0.0363. The maximum absolute atomic E-state index is 14.5. The summed E-state index contributed by atoms with van der Waals surface area (Å²) in [5.41, 5.74) is -1.08. The second-order valence-electron chi connectivity index (χ2n) is 10.5. The number of hydrogen-bond acceptors (Lipinski definition) is 5. The largest absolute Gasteiger partial charge is 0.416 e. The van der Waals surface area contributed by atoms with E-state index in [1.165, 1.54) is 30.3 Å². The number of alkyl halides is 5. The number of hydrogen-bond donors (Lipinski definition) is 2. The molecule has 0 radical (unpaired) electrons. The lowest BCUT2D eigenvalue weighted by molar-refractivity contribution is -0.137. The monoisotopic (exact) mass is 626 g/mol. The van der Waals surface area contributed by atoms with Crippen molar-refractivity contribution >= 4 is 34.9 Å². The third kappa shape index (κ3) is 6.42. The van der Waals surface area contributed by atoms with E-state index in [-0.39, 0.29) is 34.9 Å². The number of nitrogens with zero attached hydrogens (tertiary/aromatic N) is 3. The normalized spacial score (nSPS) is 20.8. The van der Waals surface area contributed by atoms with Crippen LogP contribution >= 0.6 is 11.6 Å². The molecule has 2 heterocycles. The van der Waals surface area contributed by atoms with Crippen LogP contribution in [0.4, 0.5) is 37.8 Å². The zero-order valence-electron chi connectivity index (χ0n) is 22.2. The van der Waals surface area contributed by atoms with Crippen molar-refractivity contribution in [2.45, 2.75) is 62.1 Å². The maximum atomic E-state index is 14.5. The summed E-state index contributed by atoms with van der Waals surface area (Å²) in [5.74, 6) is -5.84. The molecule has 14 heteroatoms. The Morgan fingerprint density at radius 1 is 1.07 bits per heavy atom. The summed E-state index contributed by atoms with van der Waals surface area (Å²) < 4.78 is 82.1. The fourth-order valence-corrected chi connectivity index (χ4v) is 5.65. The average molecular weight is 627 g/mol. The van der Waals surface area contributed by atoms with Gasteiger partial charge in [0.05, 0.1) is 5.56 Å². The third-order valence-corrected chi connectivity index (χ3v) is 7.79. The van der Waals surface area contributed by atoms with Crippen LogP contribution in [0, 0.1) is 5.82 Å². The molecule has 1 saturated carbocycles. The van der Waals surface area contributed by atoms with Crippen LogP contribution in [0.25, 0.3) is 0 Å². The van der Waals surface area contributed by atoms with Gasteiger partial charge in [-0.3, -0.25) is 14.5 Å². The first kappa shape index (κ1) is 30.6. The van der Waals surface area contributed by atoms with Crippen molar-refractivity contribution in [2.24, 2.45) is 0 Å². The van der Waals surface area contributed by atoms with E-state index in [0.29, 0.717) is 6.07 Å². The van der Waals surface area contributed by atoms with Gasteiger partial charge in [-0.15, -0.1) is 0 Å². The highest BCUT2D eigenvalue weighted by Crippen LogP contribution is 2.40. The fourth-order valence-electron chi connectivity index (χ4n) is 5.41. The predicted octanol–water partition coefficient (Wildman–Crippen LogP) is 5.87. The molecule has 228 valence electrons. The van der Waals surface area contributed by atoms with Crippen molar-refractivity contribution in [3.8, 4) is 0 Å². The zero-order chi connectivity index (χ0) is 31.1. The molecule has 5 rings (SSSR count). The summed E-state index contributed by atoms with van der Waals surface area (Å²) in [7, 11) is 0. The molecule has 3 unspecified atom stereocenters. The highest BCUT2D eigenvalue weighted by Gasteiger charge is 2.49. The van der Waals surface area contributed by atoms with Gasteiger partial charge in [0.2, 0.25) is 5.91 Å². The van der Waals surface area contributed by atoms with Gasteiger partial charge in [0, 0.05) is 41.4 Å². The van der Waals surface area contributed by atoms with Crippen molar-refractivity contribution < 1.29 is 41.0 Å². The summed E-state index contributed by atoms with van der Waals surface area (Å²) in [6.07, 6.45) is -6.59. The number of aliphatic hydroxyl groups excluding tert-OH is 1. The quantitative estimate of drug-likeness (QED) is 0.321. The molecule has 2 N–H and O–H groups in total. The smallest absolute Gasteiger partial charge is 0.374 e. The van der Waals surface area contributed by atoms with Gasteiger partial charge in [0.15, 0.2) is 0 Å². The number of amides is 2. The van der Waals surface area contributed by atoms with Crippen LogP contribution in [-0.4, -0.2) is 46.1 Å². The average Bonchev–Trinajstić information content (AvgIpc) is 3.31. The molecule has 2 aromatic carbocycles. The molecule has 0 bridgehead atoms. The van der Waals surface area contributed by atoms with Gasteiger partial charge in [-0.25, -0.2) is 18.2 Å². The summed E-state index contributed by atoms with van der Waals surface area (Å²) in [6, 6.07) is 8.26. The summed E-state index contributed by atoms with van der Waals surface area (Å²) in [4.78, 5) is 34.1. The molecule has 1 aliphatic carbocycles. The van der Waals surface area contributed by atoms with Crippen LogP contribution in [0.5, 0.6) is 0 Å². The van der Waals surface area contributed by atoms with Crippen molar-refractivity contribution in [3.05, 3.63) is 88.8 Å². The van der Waals surface area contributed by atoms with E-state index in [2.05, 4.69) is 10.3 Å². The molecule has 0 spiro atoms. The van der Waals surface area contributed by atoms with E-state index in [0.717, 1.165) is 34.2 Å².